The molecule has 1 fully saturated rings. The number of carboxylic acid groups (broad SMARTS) is 1. The van der Waals surface area contributed by atoms with Crippen molar-refractivity contribution in [3.8, 4) is 5.75 Å². The van der Waals surface area contributed by atoms with Gasteiger partial charge in [-0.3, -0.25) is 14.5 Å². The van der Waals surface area contributed by atoms with E-state index in [-0.39, 0.29) is 30.5 Å². The number of rotatable bonds is 6. The van der Waals surface area contributed by atoms with Gasteiger partial charge in [0.1, 0.15) is 5.75 Å². The van der Waals surface area contributed by atoms with E-state index >= 15 is 0 Å². The Morgan fingerprint density at radius 3 is 2.44 bits per heavy atom. The first-order chi connectivity index (χ1) is 12.7. The smallest absolute Gasteiger partial charge is 0.317 e. The van der Waals surface area contributed by atoms with Crippen LogP contribution >= 0.6 is 0 Å². The monoisotopic (exact) mass is 376 g/mol. The lowest BCUT2D eigenvalue weighted by molar-refractivity contribution is -0.138. The van der Waals surface area contributed by atoms with Gasteiger partial charge in [0, 0.05) is 19.1 Å². The first-order valence-electron chi connectivity index (χ1n) is 9.60. The summed E-state index contributed by atoms with van der Waals surface area (Å²) in [4.78, 5) is 27.1. The zero-order valence-electron chi connectivity index (χ0n) is 16.9. The fourth-order valence-electron chi connectivity index (χ4n) is 3.40. The van der Waals surface area contributed by atoms with Crippen molar-refractivity contribution in [3.63, 3.8) is 0 Å². The number of benzene rings is 1. The summed E-state index contributed by atoms with van der Waals surface area (Å²) in [5, 5.41) is 8.94. The highest BCUT2D eigenvalue weighted by Gasteiger charge is 2.24. The van der Waals surface area contributed by atoms with Gasteiger partial charge >= 0.3 is 5.97 Å². The van der Waals surface area contributed by atoms with Crippen LogP contribution in [0.3, 0.4) is 0 Å². The highest BCUT2D eigenvalue weighted by Crippen LogP contribution is 2.24. The average molecular weight is 376 g/mol. The summed E-state index contributed by atoms with van der Waals surface area (Å²) in [7, 11) is 1.83. The van der Waals surface area contributed by atoms with Crippen molar-refractivity contribution in [2.75, 3.05) is 33.3 Å². The number of likely N-dealkylation sites (N-methyl/N-ethyl adjacent to an activating group) is 1. The summed E-state index contributed by atoms with van der Waals surface area (Å²) in [5.74, 6) is -0.137. The molecule has 1 aromatic rings. The van der Waals surface area contributed by atoms with Crippen molar-refractivity contribution >= 4 is 11.9 Å². The topological polar surface area (TPSA) is 70.1 Å². The lowest BCUT2D eigenvalue weighted by atomic mass is 9.87. The zero-order valence-corrected chi connectivity index (χ0v) is 16.9. The number of aliphatic carboxylic acids is 1. The zero-order chi connectivity index (χ0) is 20.0. The van der Waals surface area contributed by atoms with Crippen LogP contribution in [0, 0.1) is 0 Å². The SMILES string of the molecule is CN(CC(=O)O)C1CCCN(C(=O)COc2ccc(C(C)(C)C)cc2)CC1. The Hall–Kier alpha value is -2.08. The van der Waals surface area contributed by atoms with Gasteiger partial charge in [0.25, 0.3) is 5.91 Å². The molecule has 6 nitrogen and oxygen atoms in total. The molecule has 6 heteroatoms. The summed E-state index contributed by atoms with van der Waals surface area (Å²) in [6, 6.07) is 8.09. The van der Waals surface area contributed by atoms with E-state index in [2.05, 4.69) is 20.8 Å². The van der Waals surface area contributed by atoms with Gasteiger partial charge in [0.15, 0.2) is 6.61 Å². The second-order valence-corrected chi connectivity index (χ2v) is 8.34. The number of hydrogen-bond acceptors (Lipinski definition) is 4. The lowest BCUT2D eigenvalue weighted by Gasteiger charge is -2.25. The maximum absolute atomic E-state index is 12.5. The second-order valence-electron chi connectivity index (χ2n) is 8.34. The number of carbonyl (C=O) groups is 2. The van der Waals surface area contributed by atoms with Crippen LogP contribution in [0.5, 0.6) is 5.75 Å². The predicted molar refractivity (Wildman–Crippen MR) is 105 cm³/mol. The predicted octanol–water partition coefficient (Wildman–Crippen LogP) is 2.76. The maximum atomic E-state index is 12.5. The summed E-state index contributed by atoms with van der Waals surface area (Å²) in [6.07, 6.45) is 2.57. The molecule has 0 saturated carbocycles. The van der Waals surface area contributed by atoms with Crippen LogP contribution in [0.15, 0.2) is 24.3 Å². The van der Waals surface area contributed by atoms with Crippen molar-refractivity contribution < 1.29 is 19.4 Å². The van der Waals surface area contributed by atoms with Crippen LogP contribution in [-0.4, -0.2) is 66.1 Å². The molecule has 27 heavy (non-hydrogen) atoms. The maximum Gasteiger partial charge on any atom is 0.317 e. The normalized spacial score (nSPS) is 18.3. The molecule has 2 rings (SSSR count). The number of likely N-dealkylation sites (tertiary alicyclic amines) is 1. The van der Waals surface area contributed by atoms with Crippen LogP contribution in [0.2, 0.25) is 0 Å². The highest BCUT2D eigenvalue weighted by atomic mass is 16.5. The van der Waals surface area contributed by atoms with Crippen molar-refractivity contribution in [1.82, 2.24) is 9.80 Å². The summed E-state index contributed by atoms with van der Waals surface area (Å²) < 4.78 is 5.68. The van der Waals surface area contributed by atoms with Gasteiger partial charge < -0.3 is 14.7 Å². The minimum atomic E-state index is -0.819. The van der Waals surface area contributed by atoms with Gasteiger partial charge in [0.05, 0.1) is 6.54 Å². The molecule has 1 unspecified atom stereocenters. The van der Waals surface area contributed by atoms with Crippen molar-refractivity contribution in [2.45, 2.75) is 51.5 Å². The quantitative estimate of drug-likeness (QED) is 0.827. The van der Waals surface area contributed by atoms with E-state index < -0.39 is 5.97 Å². The van der Waals surface area contributed by atoms with Gasteiger partial charge in [-0.15, -0.1) is 0 Å². The molecule has 150 valence electrons. The fraction of sp³-hybridized carbons (Fsp3) is 0.619. The molecule has 1 aliphatic rings. The number of ether oxygens (including phenoxy) is 1. The fourth-order valence-corrected chi connectivity index (χ4v) is 3.40. The van der Waals surface area contributed by atoms with E-state index in [1.165, 1.54) is 5.56 Å². The van der Waals surface area contributed by atoms with E-state index in [0.29, 0.717) is 18.8 Å². The van der Waals surface area contributed by atoms with E-state index in [1.807, 2.05) is 41.1 Å². The standard InChI is InChI=1S/C21H32N2O4/c1-21(2,3)16-7-9-18(10-8-16)27-15-19(24)23-12-5-6-17(11-13-23)22(4)14-20(25)26/h7-10,17H,5-6,11-15H2,1-4H3,(H,25,26). The largest absolute Gasteiger partial charge is 0.484 e. The van der Waals surface area contributed by atoms with Crippen molar-refractivity contribution in [2.24, 2.45) is 0 Å². The molecule has 1 saturated heterocycles. The van der Waals surface area contributed by atoms with Gasteiger partial charge in [-0.2, -0.15) is 0 Å². The second kappa shape index (κ2) is 9.22. The van der Waals surface area contributed by atoms with E-state index in [4.69, 9.17) is 9.84 Å². The third-order valence-electron chi connectivity index (χ3n) is 5.14. The first-order valence-corrected chi connectivity index (χ1v) is 9.60. The van der Waals surface area contributed by atoms with Crippen LogP contribution in [0.4, 0.5) is 0 Å². The van der Waals surface area contributed by atoms with Crippen LogP contribution in [-0.2, 0) is 15.0 Å². The van der Waals surface area contributed by atoms with Gasteiger partial charge in [-0.25, -0.2) is 0 Å². The molecule has 1 amide bonds. The number of carbonyl (C=O) groups excluding carboxylic acids is 1. The molecule has 1 atom stereocenters. The molecule has 1 aromatic carbocycles. The number of carboxylic acids is 1. The molecule has 1 N–H and O–H groups in total. The Balaban J connectivity index is 1.83. The van der Waals surface area contributed by atoms with Crippen molar-refractivity contribution in [1.29, 1.82) is 0 Å². The number of hydrogen-bond donors (Lipinski definition) is 1. The van der Waals surface area contributed by atoms with E-state index in [1.54, 1.807) is 0 Å². The third kappa shape index (κ3) is 6.54. The molecule has 0 spiro atoms. The molecular weight excluding hydrogens is 344 g/mol. The number of nitrogens with zero attached hydrogens (tertiary/aromatic N) is 2. The summed E-state index contributed by atoms with van der Waals surface area (Å²) in [5.41, 5.74) is 1.32. The Morgan fingerprint density at radius 1 is 1.19 bits per heavy atom. The lowest BCUT2D eigenvalue weighted by Crippen LogP contribution is -2.38. The molecule has 0 aromatic heterocycles. The Labute approximate surface area is 162 Å². The Morgan fingerprint density at radius 2 is 1.85 bits per heavy atom. The van der Waals surface area contributed by atoms with Gasteiger partial charge in [0.2, 0.25) is 0 Å². The van der Waals surface area contributed by atoms with E-state index in [9.17, 15) is 9.59 Å². The van der Waals surface area contributed by atoms with Gasteiger partial charge in [-0.1, -0.05) is 32.9 Å². The molecule has 1 heterocycles. The molecule has 1 aliphatic heterocycles. The van der Waals surface area contributed by atoms with Gasteiger partial charge in [-0.05, 0) is 49.4 Å². The molecule has 0 bridgehead atoms. The molecule has 0 aliphatic carbocycles. The highest BCUT2D eigenvalue weighted by molar-refractivity contribution is 5.77. The van der Waals surface area contributed by atoms with Crippen LogP contribution in [0.25, 0.3) is 0 Å². The minimum absolute atomic E-state index is 0.0172. The minimum Gasteiger partial charge on any atom is -0.484 e. The molecule has 0 radical (unpaired) electrons. The summed E-state index contributed by atoms with van der Waals surface area (Å²) >= 11 is 0. The van der Waals surface area contributed by atoms with Crippen LogP contribution in [0.1, 0.15) is 45.6 Å². The van der Waals surface area contributed by atoms with Crippen LogP contribution < -0.4 is 4.74 Å². The average Bonchev–Trinajstić information content (AvgIpc) is 2.85. The summed E-state index contributed by atoms with van der Waals surface area (Å²) in [6.45, 7) is 7.88. The first kappa shape index (κ1) is 21.2. The molecular formula is C21H32N2O4. The third-order valence-corrected chi connectivity index (χ3v) is 5.14. The Kier molecular flexibility index (Phi) is 7.25. The van der Waals surface area contributed by atoms with Crippen molar-refractivity contribution in [3.05, 3.63) is 29.8 Å². The van der Waals surface area contributed by atoms with E-state index in [0.717, 1.165) is 19.3 Å². The number of amides is 1. The Bertz CT molecular complexity index is 637.